The van der Waals surface area contributed by atoms with Crippen molar-refractivity contribution in [2.24, 2.45) is 0 Å². The third kappa shape index (κ3) is 4.86. The van der Waals surface area contributed by atoms with E-state index in [1.807, 2.05) is 24.3 Å². The highest BCUT2D eigenvalue weighted by Gasteiger charge is 2.13. The molecule has 2 N–H and O–H groups in total. The predicted octanol–water partition coefficient (Wildman–Crippen LogP) is 3.93. The minimum atomic E-state index is -0.415. The Labute approximate surface area is 167 Å². The molecule has 142 valence electrons. The van der Waals surface area contributed by atoms with Gasteiger partial charge in [0.2, 0.25) is 0 Å². The van der Waals surface area contributed by atoms with Crippen LogP contribution < -0.4 is 15.4 Å². The van der Waals surface area contributed by atoms with Crippen molar-refractivity contribution in [3.8, 4) is 5.75 Å². The van der Waals surface area contributed by atoms with Crippen LogP contribution in [0.1, 0.15) is 26.4 Å². The molecule has 0 aliphatic rings. The molecule has 0 atom stereocenters. The number of nitrogens with one attached hydrogen (secondary N) is 2. The zero-order chi connectivity index (χ0) is 19.9. The number of carbonyl (C=O) groups excluding carboxylic acids is 2. The summed E-state index contributed by atoms with van der Waals surface area (Å²) in [6, 6.07) is 17.1. The highest BCUT2D eigenvalue weighted by atomic mass is 35.5. The van der Waals surface area contributed by atoms with E-state index in [4.69, 9.17) is 16.3 Å². The lowest BCUT2D eigenvalue weighted by Gasteiger charge is -2.10. The van der Waals surface area contributed by atoms with Crippen LogP contribution in [-0.2, 0) is 6.54 Å². The van der Waals surface area contributed by atoms with Crippen LogP contribution >= 0.6 is 11.6 Å². The molecule has 0 aliphatic carbocycles. The fourth-order valence-electron chi connectivity index (χ4n) is 2.55. The topological polar surface area (TPSA) is 80.3 Å². The second kappa shape index (κ2) is 9.01. The van der Waals surface area contributed by atoms with Gasteiger partial charge >= 0.3 is 0 Å². The standard InChI is InChI=1S/C21H18ClN3O3/c1-28-19-5-3-2-4-15(19)13-24-20(26)14-10-11-23-18(12-14)21(27)25-17-8-6-16(22)7-9-17/h2-12H,13H2,1H3,(H,24,26)(H,25,27). The minimum Gasteiger partial charge on any atom is -0.496 e. The van der Waals surface area contributed by atoms with Gasteiger partial charge in [-0.3, -0.25) is 14.6 Å². The zero-order valence-electron chi connectivity index (χ0n) is 15.1. The maximum absolute atomic E-state index is 12.5. The van der Waals surface area contributed by atoms with Crippen molar-refractivity contribution in [1.82, 2.24) is 10.3 Å². The molecule has 0 saturated carbocycles. The van der Waals surface area contributed by atoms with Crippen LogP contribution in [0.5, 0.6) is 5.75 Å². The number of pyridine rings is 1. The summed E-state index contributed by atoms with van der Waals surface area (Å²) in [6.07, 6.45) is 1.43. The Morgan fingerprint density at radius 1 is 1.04 bits per heavy atom. The first kappa shape index (κ1) is 19.4. The third-order valence-corrected chi connectivity index (χ3v) is 4.24. The number of anilines is 1. The van der Waals surface area contributed by atoms with Gasteiger partial charge in [0.25, 0.3) is 11.8 Å². The smallest absolute Gasteiger partial charge is 0.274 e. The first-order valence-corrected chi connectivity index (χ1v) is 8.87. The second-order valence-corrected chi connectivity index (χ2v) is 6.32. The van der Waals surface area contributed by atoms with E-state index in [2.05, 4.69) is 15.6 Å². The number of hydrogen-bond donors (Lipinski definition) is 2. The number of methoxy groups -OCH3 is 1. The van der Waals surface area contributed by atoms with Crippen LogP contribution in [0, 0.1) is 0 Å². The Kier molecular flexibility index (Phi) is 6.24. The van der Waals surface area contributed by atoms with Crippen LogP contribution in [0.3, 0.4) is 0 Å². The number of hydrogen-bond acceptors (Lipinski definition) is 4. The van der Waals surface area contributed by atoms with E-state index in [-0.39, 0.29) is 11.6 Å². The molecule has 0 spiro atoms. The van der Waals surface area contributed by atoms with E-state index in [0.717, 1.165) is 5.56 Å². The molecular formula is C21H18ClN3O3. The second-order valence-electron chi connectivity index (χ2n) is 5.89. The van der Waals surface area contributed by atoms with Crippen LogP contribution in [0.15, 0.2) is 66.9 Å². The maximum atomic E-state index is 12.5. The summed E-state index contributed by atoms with van der Waals surface area (Å²) in [4.78, 5) is 28.9. The Balaban J connectivity index is 1.67. The first-order valence-electron chi connectivity index (χ1n) is 8.50. The highest BCUT2D eigenvalue weighted by molar-refractivity contribution is 6.30. The number of ether oxygens (including phenoxy) is 1. The number of halogens is 1. The number of carbonyl (C=O) groups is 2. The largest absolute Gasteiger partial charge is 0.496 e. The monoisotopic (exact) mass is 395 g/mol. The molecule has 3 aromatic rings. The molecule has 0 aliphatic heterocycles. The van der Waals surface area contributed by atoms with Crippen LogP contribution in [0.4, 0.5) is 5.69 Å². The Hall–Kier alpha value is -3.38. The molecule has 7 heteroatoms. The molecule has 28 heavy (non-hydrogen) atoms. The van der Waals surface area contributed by atoms with E-state index in [9.17, 15) is 9.59 Å². The maximum Gasteiger partial charge on any atom is 0.274 e. The number of nitrogens with zero attached hydrogens (tertiary/aromatic N) is 1. The van der Waals surface area contributed by atoms with Crippen molar-refractivity contribution in [2.45, 2.75) is 6.54 Å². The van der Waals surface area contributed by atoms with Crippen LogP contribution in [0.25, 0.3) is 0 Å². The van der Waals surface area contributed by atoms with E-state index < -0.39 is 5.91 Å². The summed E-state index contributed by atoms with van der Waals surface area (Å²) < 4.78 is 5.28. The average Bonchev–Trinajstić information content (AvgIpc) is 2.74. The zero-order valence-corrected chi connectivity index (χ0v) is 15.9. The van der Waals surface area contributed by atoms with Crippen molar-refractivity contribution in [3.63, 3.8) is 0 Å². The van der Waals surface area contributed by atoms with Gasteiger partial charge in [-0.25, -0.2) is 0 Å². The molecule has 1 aromatic heterocycles. The number of benzene rings is 2. The SMILES string of the molecule is COc1ccccc1CNC(=O)c1ccnc(C(=O)Nc2ccc(Cl)cc2)c1. The summed E-state index contributed by atoms with van der Waals surface area (Å²) >= 11 is 5.84. The molecule has 0 fully saturated rings. The summed E-state index contributed by atoms with van der Waals surface area (Å²) in [5, 5.41) is 6.11. The predicted molar refractivity (Wildman–Crippen MR) is 108 cm³/mol. The van der Waals surface area contributed by atoms with Gasteiger partial charge in [-0.2, -0.15) is 0 Å². The van der Waals surface area contributed by atoms with E-state index in [1.54, 1.807) is 37.4 Å². The normalized spacial score (nSPS) is 10.2. The quantitative estimate of drug-likeness (QED) is 0.662. The van der Waals surface area contributed by atoms with Crippen molar-refractivity contribution in [1.29, 1.82) is 0 Å². The van der Waals surface area contributed by atoms with E-state index in [1.165, 1.54) is 12.3 Å². The Morgan fingerprint density at radius 3 is 2.54 bits per heavy atom. The van der Waals surface area contributed by atoms with Gasteiger partial charge in [-0.05, 0) is 42.5 Å². The van der Waals surface area contributed by atoms with E-state index in [0.29, 0.717) is 28.6 Å². The molecule has 6 nitrogen and oxygen atoms in total. The van der Waals surface area contributed by atoms with Crippen LogP contribution in [-0.4, -0.2) is 23.9 Å². The molecule has 0 saturated heterocycles. The summed E-state index contributed by atoms with van der Waals surface area (Å²) in [7, 11) is 1.58. The molecule has 0 radical (unpaired) electrons. The van der Waals surface area contributed by atoms with Gasteiger partial charge in [0.15, 0.2) is 0 Å². The van der Waals surface area contributed by atoms with Crippen molar-refractivity contribution in [2.75, 3.05) is 12.4 Å². The lowest BCUT2D eigenvalue weighted by Crippen LogP contribution is -2.24. The molecule has 2 amide bonds. The Bertz CT molecular complexity index is 990. The third-order valence-electron chi connectivity index (χ3n) is 3.99. The van der Waals surface area contributed by atoms with Gasteiger partial charge in [0.1, 0.15) is 11.4 Å². The van der Waals surface area contributed by atoms with E-state index >= 15 is 0 Å². The van der Waals surface area contributed by atoms with Crippen LogP contribution in [0.2, 0.25) is 5.02 Å². The summed E-state index contributed by atoms with van der Waals surface area (Å²) in [5.74, 6) is -0.0314. The molecule has 1 heterocycles. The molecule has 0 unspecified atom stereocenters. The molecule has 3 rings (SSSR count). The fraction of sp³-hybridized carbons (Fsp3) is 0.0952. The molecular weight excluding hydrogens is 378 g/mol. The average molecular weight is 396 g/mol. The van der Waals surface area contributed by atoms with Gasteiger partial charge in [-0.1, -0.05) is 29.8 Å². The number of amides is 2. The number of rotatable bonds is 6. The van der Waals surface area contributed by atoms with Crippen molar-refractivity contribution in [3.05, 3.63) is 88.7 Å². The lowest BCUT2D eigenvalue weighted by molar-refractivity contribution is 0.0950. The fourth-order valence-corrected chi connectivity index (χ4v) is 2.68. The first-order chi connectivity index (χ1) is 13.6. The lowest BCUT2D eigenvalue weighted by atomic mass is 10.1. The minimum absolute atomic E-state index is 0.139. The number of para-hydroxylation sites is 1. The highest BCUT2D eigenvalue weighted by Crippen LogP contribution is 2.17. The summed E-state index contributed by atoms with van der Waals surface area (Å²) in [5.41, 5.74) is 1.92. The molecule has 0 bridgehead atoms. The summed E-state index contributed by atoms with van der Waals surface area (Å²) in [6.45, 7) is 0.303. The van der Waals surface area contributed by atoms with Gasteiger partial charge < -0.3 is 15.4 Å². The Morgan fingerprint density at radius 2 is 1.79 bits per heavy atom. The van der Waals surface area contributed by atoms with Gasteiger partial charge in [-0.15, -0.1) is 0 Å². The van der Waals surface area contributed by atoms with Crippen molar-refractivity contribution >= 4 is 29.1 Å². The number of aromatic nitrogens is 1. The van der Waals surface area contributed by atoms with Gasteiger partial charge in [0, 0.05) is 34.6 Å². The van der Waals surface area contributed by atoms with Crippen molar-refractivity contribution < 1.29 is 14.3 Å². The van der Waals surface area contributed by atoms with Gasteiger partial charge in [0.05, 0.1) is 7.11 Å². The molecule has 2 aromatic carbocycles.